The summed E-state index contributed by atoms with van der Waals surface area (Å²) in [6.07, 6.45) is 0. The van der Waals surface area contributed by atoms with Gasteiger partial charge in [-0.2, -0.15) is 0 Å². The minimum Gasteiger partial charge on any atom is -0.374 e. The summed E-state index contributed by atoms with van der Waals surface area (Å²) in [5.74, 6) is 1.01. The van der Waals surface area contributed by atoms with E-state index in [-0.39, 0.29) is 5.82 Å². The van der Waals surface area contributed by atoms with E-state index in [2.05, 4.69) is 15.3 Å². The summed E-state index contributed by atoms with van der Waals surface area (Å²) in [4.78, 5) is 9.21. The number of benzene rings is 1. The van der Waals surface area contributed by atoms with Gasteiger partial charge in [0.2, 0.25) is 0 Å². The number of aromatic nitrogens is 2. The number of hydrogen-bond acceptors (Lipinski definition) is 5. The number of anilines is 1. The summed E-state index contributed by atoms with van der Waals surface area (Å²) < 4.78 is 19.0. The molecule has 0 unspecified atom stereocenters. The lowest BCUT2D eigenvalue weighted by molar-refractivity contribution is 0.128. The molecule has 0 bridgehead atoms. The van der Waals surface area contributed by atoms with E-state index in [0.717, 1.165) is 0 Å². The van der Waals surface area contributed by atoms with Crippen molar-refractivity contribution in [2.24, 2.45) is 0 Å². The van der Waals surface area contributed by atoms with E-state index in [1.807, 2.05) is 6.92 Å². The predicted molar refractivity (Wildman–Crippen MR) is 77.4 cm³/mol. The Morgan fingerprint density at radius 2 is 2.10 bits per heavy atom. The molecule has 0 aliphatic rings. The normalized spacial score (nSPS) is 10.6. The average molecular weight is 293 g/mol. The van der Waals surface area contributed by atoms with Gasteiger partial charge in [-0.1, -0.05) is 23.9 Å². The molecule has 20 heavy (non-hydrogen) atoms. The van der Waals surface area contributed by atoms with Gasteiger partial charge >= 0.3 is 0 Å². The van der Waals surface area contributed by atoms with Crippen LogP contribution in [0.4, 0.5) is 10.2 Å². The number of hydrogen-bond donors (Lipinski definition) is 1. The second-order valence-electron chi connectivity index (χ2n) is 3.93. The van der Waals surface area contributed by atoms with Crippen molar-refractivity contribution < 1.29 is 9.13 Å². The summed E-state index contributed by atoms with van der Waals surface area (Å²) >= 11 is 1.27. The van der Waals surface area contributed by atoms with Crippen molar-refractivity contribution >= 4 is 17.6 Å². The van der Waals surface area contributed by atoms with E-state index in [9.17, 15) is 4.39 Å². The fraction of sp³-hybridized carbons (Fsp3) is 0.286. The second-order valence-corrected chi connectivity index (χ2v) is 4.99. The Morgan fingerprint density at radius 3 is 2.80 bits per heavy atom. The van der Waals surface area contributed by atoms with Crippen LogP contribution in [-0.2, 0) is 11.3 Å². The first-order valence-corrected chi connectivity index (χ1v) is 7.10. The Labute approximate surface area is 121 Å². The number of halogens is 1. The molecule has 6 heteroatoms. The summed E-state index contributed by atoms with van der Waals surface area (Å²) in [5, 5.41) is 3.66. The third-order valence-corrected chi connectivity index (χ3v) is 3.46. The van der Waals surface area contributed by atoms with Gasteiger partial charge in [0.15, 0.2) is 5.82 Å². The van der Waals surface area contributed by atoms with Crippen LogP contribution in [0.5, 0.6) is 0 Å². The fourth-order valence-electron chi connectivity index (χ4n) is 1.55. The van der Waals surface area contributed by atoms with Crippen LogP contribution < -0.4 is 5.32 Å². The molecule has 1 N–H and O–H groups in total. The first-order chi connectivity index (χ1) is 9.72. The van der Waals surface area contributed by atoms with Crippen molar-refractivity contribution in [3.05, 3.63) is 42.0 Å². The quantitative estimate of drug-likeness (QED) is 0.828. The number of nitrogens with one attached hydrogen (secondary N) is 1. The molecule has 0 fully saturated rings. The molecule has 106 valence electrons. The highest BCUT2D eigenvalue weighted by molar-refractivity contribution is 7.99. The molecule has 1 heterocycles. The second kappa shape index (κ2) is 7.21. The van der Waals surface area contributed by atoms with Crippen LogP contribution in [-0.4, -0.2) is 23.6 Å². The molecule has 1 aromatic carbocycles. The van der Waals surface area contributed by atoms with Crippen molar-refractivity contribution in [1.82, 2.24) is 9.97 Å². The largest absolute Gasteiger partial charge is 0.374 e. The molecule has 0 aliphatic heterocycles. The summed E-state index contributed by atoms with van der Waals surface area (Å²) in [7, 11) is 1.78. The smallest absolute Gasteiger partial charge is 0.157 e. The number of nitrogens with zero attached hydrogens (tertiary/aromatic N) is 2. The van der Waals surface area contributed by atoms with Crippen LogP contribution in [0.25, 0.3) is 0 Å². The van der Waals surface area contributed by atoms with Gasteiger partial charge in [-0.05, 0) is 19.1 Å². The van der Waals surface area contributed by atoms with Crippen LogP contribution in [0.1, 0.15) is 12.7 Å². The summed E-state index contributed by atoms with van der Waals surface area (Å²) in [6.45, 7) is 2.86. The van der Waals surface area contributed by atoms with Crippen LogP contribution in [0, 0.1) is 5.82 Å². The van der Waals surface area contributed by atoms with Crippen LogP contribution in [0.2, 0.25) is 0 Å². The third-order valence-electron chi connectivity index (χ3n) is 2.49. The van der Waals surface area contributed by atoms with E-state index in [0.29, 0.717) is 34.8 Å². The monoisotopic (exact) mass is 293 g/mol. The standard InChI is InChI=1S/C14H16FN3OS/c1-3-19-9-13-17-12(16-2)8-14(18-13)20-11-7-5-4-6-10(11)15/h4-8H,3,9H2,1-2H3,(H,16,17,18). The van der Waals surface area contributed by atoms with Gasteiger partial charge in [0.05, 0.1) is 0 Å². The predicted octanol–water partition coefficient (Wildman–Crippen LogP) is 3.35. The van der Waals surface area contributed by atoms with Crippen molar-refractivity contribution in [2.75, 3.05) is 19.0 Å². The van der Waals surface area contributed by atoms with Crippen molar-refractivity contribution in [3.63, 3.8) is 0 Å². The van der Waals surface area contributed by atoms with Crippen molar-refractivity contribution in [2.45, 2.75) is 23.5 Å². The van der Waals surface area contributed by atoms with Gasteiger partial charge in [-0.15, -0.1) is 0 Å². The molecule has 0 atom stereocenters. The molecule has 0 spiro atoms. The average Bonchev–Trinajstić information content (AvgIpc) is 2.47. The number of rotatable bonds is 6. The molecular formula is C14H16FN3OS. The van der Waals surface area contributed by atoms with Gasteiger partial charge in [0.1, 0.15) is 23.3 Å². The Hall–Kier alpha value is -1.66. The molecule has 2 rings (SSSR count). The lowest BCUT2D eigenvalue weighted by Crippen LogP contribution is -2.03. The highest BCUT2D eigenvalue weighted by atomic mass is 32.2. The molecule has 4 nitrogen and oxygen atoms in total. The molecule has 0 saturated heterocycles. The van der Waals surface area contributed by atoms with Crippen LogP contribution in [0.15, 0.2) is 40.3 Å². The first kappa shape index (κ1) is 14.7. The van der Waals surface area contributed by atoms with Gasteiger partial charge < -0.3 is 10.1 Å². The molecule has 1 aromatic heterocycles. The van der Waals surface area contributed by atoms with Gasteiger partial charge in [-0.25, -0.2) is 14.4 Å². The Bertz CT molecular complexity index is 580. The van der Waals surface area contributed by atoms with Crippen LogP contribution >= 0.6 is 11.8 Å². The molecule has 2 aromatic rings. The van der Waals surface area contributed by atoms with Gasteiger partial charge in [0.25, 0.3) is 0 Å². The topological polar surface area (TPSA) is 47.0 Å². The van der Waals surface area contributed by atoms with Crippen LogP contribution in [0.3, 0.4) is 0 Å². The maximum Gasteiger partial charge on any atom is 0.157 e. The Morgan fingerprint density at radius 1 is 1.30 bits per heavy atom. The fourth-order valence-corrected chi connectivity index (χ4v) is 2.41. The zero-order valence-corrected chi connectivity index (χ0v) is 12.2. The van der Waals surface area contributed by atoms with E-state index < -0.39 is 0 Å². The zero-order chi connectivity index (χ0) is 14.4. The summed E-state index contributed by atoms with van der Waals surface area (Å²) in [6, 6.07) is 8.41. The first-order valence-electron chi connectivity index (χ1n) is 6.28. The Balaban J connectivity index is 2.24. The third kappa shape index (κ3) is 3.91. The van der Waals surface area contributed by atoms with Gasteiger partial charge in [0, 0.05) is 24.6 Å². The lowest BCUT2D eigenvalue weighted by atomic mass is 10.3. The maximum absolute atomic E-state index is 13.7. The molecule has 0 aliphatic carbocycles. The van der Waals surface area contributed by atoms with E-state index >= 15 is 0 Å². The highest BCUT2D eigenvalue weighted by Gasteiger charge is 2.08. The zero-order valence-electron chi connectivity index (χ0n) is 11.4. The van der Waals surface area contributed by atoms with Gasteiger partial charge in [-0.3, -0.25) is 0 Å². The molecule has 0 amide bonds. The minimum absolute atomic E-state index is 0.256. The molecular weight excluding hydrogens is 277 g/mol. The number of ether oxygens (including phenoxy) is 1. The van der Waals surface area contributed by atoms with E-state index in [1.165, 1.54) is 17.8 Å². The maximum atomic E-state index is 13.7. The minimum atomic E-state index is -0.256. The highest BCUT2D eigenvalue weighted by Crippen LogP contribution is 2.29. The molecule has 0 saturated carbocycles. The van der Waals surface area contributed by atoms with E-state index in [4.69, 9.17) is 4.74 Å². The summed E-state index contributed by atoms with van der Waals surface area (Å²) in [5.41, 5.74) is 0. The molecule has 0 radical (unpaired) electrons. The van der Waals surface area contributed by atoms with Crippen molar-refractivity contribution in [3.8, 4) is 0 Å². The lowest BCUT2D eigenvalue weighted by Gasteiger charge is -2.08. The van der Waals surface area contributed by atoms with Crippen molar-refractivity contribution in [1.29, 1.82) is 0 Å². The van der Waals surface area contributed by atoms with E-state index in [1.54, 1.807) is 31.3 Å². The Kier molecular flexibility index (Phi) is 5.31. The SMILES string of the molecule is CCOCc1nc(NC)cc(Sc2ccccc2F)n1.